The molecule has 0 amide bonds. The first-order valence-electron chi connectivity index (χ1n) is 17.6. The van der Waals surface area contributed by atoms with Crippen molar-refractivity contribution < 1.29 is 99.6 Å². The molecule has 0 fully saturated rings. The minimum atomic E-state index is -5.54. The van der Waals surface area contributed by atoms with Gasteiger partial charge in [0.15, 0.2) is 31.2 Å². The average Bonchev–Trinajstić information content (AvgIpc) is 3.20. The molecule has 0 aliphatic heterocycles. The molecule has 0 spiro atoms. The van der Waals surface area contributed by atoms with Crippen molar-refractivity contribution >= 4 is 121 Å². The van der Waals surface area contributed by atoms with Gasteiger partial charge in [-0.05, 0) is 72.1 Å². The van der Waals surface area contributed by atoms with Gasteiger partial charge in [-0.15, -0.1) is 20.5 Å². The third-order valence-electron chi connectivity index (χ3n) is 8.53. The minimum absolute atomic E-state index is 0.176. The third kappa shape index (κ3) is 13.9. The van der Waals surface area contributed by atoms with Gasteiger partial charge in [0, 0.05) is 6.07 Å². The van der Waals surface area contributed by atoms with E-state index < -0.39 is 166 Å². The van der Waals surface area contributed by atoms with Crippen LogP contribution in [0.5, 0.6) is 5.75 Å². The standard InChI is InChI=1S/C32H28FN7O22S7/c33-22-15-24(25(65(46,47)48)16-23(22)37-35-18-1-5-20(6-2-18)63(42,43)11-9-61-68(55,56)57)38-40-31-27(67(52,53)54)14-17-13-26(66(49,50)51)30(29(34)28(17)32(31)41)39-36-19-3-7-21(8-4-19)64(44,45)12-10-62-69(58,59)60/h1-8,13-16,41H,9-12,34H2,(H,46,47,48)(H,49,50,51)(H,52,53,54)(H,55,56,57)(H,58,59,60). The largest absolute Gasteiger partial charge is 0.505 e. The molecule has 0 aliphatic carbocycles. The number of nitrogens with two attached hydrogens (primary N) is 1. The van der Waals surface area contributed by atoms with Crippen LogP contribution >= 0.6 is 0 Å². The van der Waals surface area contributed by atoms with Crippen molar-refractivity contribution in [3.63, 3.8) is 0 Å². The molecule has 5 aromatic carbocycles. The highest BCUT2D eigenvalue weighted by atomic mass is 32.3. The number of benzene rings is 5. The van der Waals surface area contributed by atoms with E-state index in [2.05, 4.69) is 39.1 Å². The number of azo groups is 3. The third-order valence-corrected chi connectivity index (χ3v) is 15.5. The van der Waals surface area contributed by atoms with Crippen LogP contribution in [0.3, 0.4) is 0 Å². The molecular formula is C32H28FN7O22S7. The Morgan fingerprint density at radius 3 is 1.30 bits per heavy atom. The first kappa shape index (κ1) is 54.0. The lowest BCUT2D eigenvalue weighted by Gasteiger charge is -2.14. The summed E-state index contributed by atoms with van der Waals surface area (Å²) in [7, 11) is -34.6. The van der Waals surface area contributed by atoms with E-state index in [0.717, 1.165) is 48.5 Å². The summed E-state index contributed by atoms with van der Waals surface area (Å²) in [5, 5.41) is 31.4. The second-order valence-electron chi connectivity index (χ2n) is 13.2. The number of sulfone groups is 2. The molecule has 0 aliphatic rings. The lowest BCUT2D eigenvalue weighted by Crippen LogP contribution is -2.15. The molecule has 29 nitrogen and oxygen atoms in total. The molecule has 0 heterocycles. The lowest BCUT2D eigenvalue weighted by molar-refractivity contribution is 0.282. The highest BCUT2D eigenvalue weighted by Gasteiger charge is 2.29. The lowest BCUT2D eigenvalue weighted by atomic mass is 10.1. The first-order valence-corrected chi connectivity index (χ1v) is 28.0. The number of halogens is 1. The van der Waals surface area contributed by atoms with Crippen LogP contribution < -0.4 is 5.73 Å². The van der Waals surface area contributed by atoms with Crippen LogP contribution in [0.1, 0.15) is 0 Å². The molecule has 8 N–H and O–H groups in total. The second kappa shape index (κ2) is 19.8. The summed E-state index contributed by atoms with van der Waals surface area (Å²) < 4.78 is 238. The summed E-state index contributed by atoms with van der Waals surface area (Å²) in [5.74, 6) is -4.61. The Labute approximate surface area is 388 Å². The smallest absolute Gasteiger partial charge is 0.397 e. The van der Waals surface area contributed by atoms with Gasteiger partial charge in [-0.2, -0.15) is 52.3 Å². The monoisotopic (exact) mass is 1100 g/mol. The zero-order valence-corrected chi connectivity index (χ0v) is 39.2. The summed E-state index contributed by atoms with van der Waals surface area (Å²) in [6.45, 7) is -1.89. The maximum atomic E-state index is 15.4. The van der Waals surface area contributed by atoms with Crippen LogP contribution in [0.15, 0.2) is 128 Å². The van der Waals surface area contributed by atoms with Gasteiger partial charge in [-0.25, -0.2) is 29.6 Å². The van der Waals surface area contributed by atoms with E-state index in [-0.39, 0.29) is 22.3 Å². The van der Waals surface area contributed by atoms with Crippen LogP contribution in [0.2, 0.25) is 0 Å². The van der Waals surface area contributed by atoms with Gasteiger partial charge in [0.1, 0.15) is 37.4 Å². The predicted octanol–water partition coefficient (Wildman–Crippen LogP) is 4.44. The van der Waals surface area contributed by atoms with Gasteiger partial charge < -0.3 is 10.8 Å². The average molecular weight is 1110 g/mol. The number of hydrogen-bond donors (Lipinski definition) is 7. The van der Waals surface area contributed by atoms with Crippen LogP contribution in [0.4, 0.5) is 44.2 Å². The Kier molecular flexibility index (Phi) is 15.5. The fraction of sp³-hybridized carbons (Fsp3) is 0.125. The quantitative estimate of drug-likeness (QED) is 0.0341. The summed E-state index contributed by atoms with van der Waals surface area (Å²) in [6, 6.07) is 9.53. The number of hydrogen-bond acceptors (Lipinski definition) is 24. The number of phenolic OH excluding ortho intramolecular Hbond substituents is 1. The Morgan fingerprint density at radius 2 is 0.884 bits per heavy atom. The molecule has 372 valence electrons. The SMILES string of the molecule is Nc1c(N=Nc2ccc(S(=O)(=O)CCOS(=O)(=O)O)cc2)c(S(=O)(=O)O)cc2cc(S(=O)(=O)O)c(N=Nc3cc(F)c(N=Nc4ccc(S(=O)(=O)CCOS(=O)(=O)O)cc4)cc3S(=O)(=O)O)c(O)c12. The van der Waals surface area contributed by atoms with Crippen LogP contribution in [-0.4, -0.2) is 112 Å². The fourth-order valence-corrected chi connectivity index (χ4v) is 10.4. The molecule has 0 atom stereocenters. The number of nitrogens with zero attached hydrogens (tertiary/aromatic N) is 6. The van der Waals surface area contributed by atoms with Crippen molar-refractivity contribution in [3.8, 4) is 5.75 Å². The van der Waals surface area contributed by atoms with E-state index in [0.29, 0.717) is 18.2 Å². The normalized spacial score (nSPS) is 13.6. The molecule has 0 saturated carbocycles. The Morgan fingerprint density at radius 1 is 0.493 bits per heavy atom. The number of nitrogen functional groups attached to an aromatic ring is 1. The molecule has 5 rings (SSSR count). The minimum Gasteiger partial charge on any atom is -0.505 e. The van der Waals surface area contributed by atoms with E-state index in [9.17, 15) is 77.7 Å². The summed E-state index contributed by atoms with van der Waals surface area (Å²) in [4.78, 5) is -4.63. The van der Waals surface area contributed by atoms with Crippen molar-refractivity contribution in [1.82, 2.24) is 0 Å². The highest BCUT2D eigenvalue weighted by molar-refractivity contribution is 7.92. The van der Waals surface area contributed by atoms with E-state index >= 15 is 4.39 Å². The van der Waals surface area contributed by atoms with Gasteiger partial charge in [0.05, 0.1) is 57.0 Å². The highest BCUT2D eigenvalue weighted by Crippen LogP contribution is 2.48. The van der Waals surface area contributed by atoms with Crippen LogP contribution in [0.25, 0.3) is 10.8 Å². The topological polar surface area (TPSA) is 479 Å². The maximum absolute atomic E-state index is 15.4. The Balaban J connectivity index is 1.55. The van der Waals surface area contributed by atoms with Gasteiger partial charge in [-0.3, -0.25) is 22.8 Å². The molecule has 5 aromatic rings. The zero-order valence-electron chi connectivity index (χ0n) is 33.5. The summed E-state index contributed by atoms with van der Waals surface area (Å²) >= 11 is 0. The van der Waals surface area contributed by atoms with E-state index in [1.165, 1.54) is 0 Å². The zero-order chi connectivity index (χ0) is 51.7. The van der Waals surface area contributed by atoms with Gasteiger partial charge >= 0.3 is 20.8 Å². The van der Waals surface area contributed by atoms with Crippen molar-refractivity contribution in [2.75, 3.05) is 30.5 Å². The van der Waals surface area contributed by atoms with Crippen LogP contribution in [-0.2, 0) is 79.2 Å². The van der Waals surface area contributed by atoms with Crippen molar-refractivity contribution in [2.24, 2.45) is 30.7 Å². The number of aromatic hydroxyl groups is 1. The Hall–Kier alpha value is -5.94. The van der Waals surface area contributed by atoms with Gasteiger partial charge in [0.25, 0.3) is 30.4 Å². The summed E-state index contributed by atoms with van der Waals surface area (Å²) in [6.07, 6.45) is 0. The number of fused-ring (bicyclic) bond motifs is 1. The van der Waals surface area contributed by atoms with Crippen molar-refractivity contribution in [3.05, 3.63) is 78.6 Å². The Bertz CT molecular complexity index is 3800. The molecule has 0 aromatic heterocycles. The number of anilines is 1. The molecular weight excluding hydrogens is 1080 g/mol. The van der Waals surface area contributed by atoms with Crippen LogP contribution in [0, 0.1) is 5.82 Å². The van der Waals surface area contributed by atoms with Gasteiger partial charge in [-0.1, -0.05) is 0 Å². The van der Waals surface area contributed by atoms with Crippen molar-refractivity contribution in [1.29, 1.82) is 0 Å². The molecule has 37 heteroatoms. The van der Waals surface area contributed by atoms with E-state index in [1.54, 1.807) is 0 Å². The molecule has 0 unspecified atom stereocenters. The molecule has 69 heavy (non-hydrogen) atoms. The fourth-order valence-electron chi connectivity index (χ4n) is 5.50. The van der Waals surface area contributed by atoms with E-state index in [4.69, 9.17) is 14.8 Å². The van der Waals surface area contributed by atoms with E-state index in [1.807, 2.05) is 0 Å². The maximum Gasteiger partial charge on any atom is 0.397 e. The predicted molar refractivity (Wildman–Crippen MR) is 230 cm³/mol. The molecule has 0 bridgehead atoms. The summed E-state index contributed by atoms with van der Waals surface area (Å²) in [5.41, 5.74) is 0.589. The molecule has 0 saturated heterocycles. The van der Waals surface area contributed by atoms with Crippen molar-refractivity contribution in [2.45, 2.75) is 24.5 Å². The first-order chi connectivity index (χ1) is 31.6. The molecule has 0 radical (unpaired) electrons. The number of rotatable bonds is 19. The van der Waals surface area contributed by atoms with Gasteiger partial charge in [0.2, 0.25) is 0 Å². The number of phenols is 1. The second-order valence-corrected chi connectivity index (χ2v) is 23.8.